The first-order valence-electron chi connectivity index (χ1n) is 8.58. The van der Waals surface area contributed by atoms with E-state index in [0.717, 1.165) is 12.2 Å². The minimum atomic E-state index is 0. The molecule has 0 aliphatic heterocycles. The van der Waals surface area contributed by atoms with Gasteiger partial charge in [-0.2, -0.15) is 0 Å². The van der Waals surface area contributed by atoms with Crippen LogP contribution in [0.3, 0.4) is 0 Å². The van der Waals surface area contributed by atoms with Crippen molar-refractivity contribution >= 4 is 23.1 Å². The summed E-state index contributed by atoms with van der Waals surface area (Å²) >= 11 is 0. The van der Waals surface area contributed by atoms with E-state index in [1.165, 1.54) is 64.2 Å². The monoisotopic (exact) mass is 370 g/mol. The molecule has 0 bridgehead atoms. The first-order chi connectivity index (χ1) is 10.3. The number of hydrogen-bond acceptors (Lipinski definition) is 2. The molecule has 0 saturated heterocycles. The topological polar surface area (TPSA) is 38.9 Å². The zero-order chi connectivity index (χ0) is 15.6. The second-order valence-corrected chi connectivity index (χ2v) is 5.43. The third-order valence-electron chi connectivity index (χ3n) is 3.45. The highest BCUT2D eigenvalue weighted by Gasteiger charge is 1.91. The molecule has 0 saturated carbocycles. The van der Waals surface area contributed by atoms with Gasteiger partial charge in [-0.1, -0.05) is 77.4 Å². The van der Waals surface area contributed by atoms with Crippen LogP contribution in [0.1, 0.15) is 76.8 Å². The van der Waals surface area contributed by atoms with Crippen molar-refractivity contribution in [3.63, 3.8) is 0 Å². The van der Waals surface area contributed by atoms with Crippen molar-refractivity contribution in [2.45, 2.75) is 71.1 Å². The predicted molar refractivity (Wildman–Crippen MR) is 106 cm³/mol. The highest BCUT2D eigenvalue weighted by molar-refractivity contribution is 8.93. The van der Waals surface area contributed by atoms with Crippen molar-refractivity contribution in [1.82, 2.24) is 4.98 Å². The molecular formula is C19H35BrN2. The molecule has 1 rings (SSSR count). The molecule has 1 aromatic heterocycles. The lowest BCUT2D eigenvalue weighted by Crippen LogP contribution is -1.97. The number of rotatable bonds is 11. The van der Waals surface area contributed by atoms with E-state index >= 15 is 0 Å². The van der Waals surface area contributed by atoms with E-state index < -0.39 is 0 Å². The van der Waals surface area contributed by atoms with Crippen molar-refractivity contribution < 1.29 is 0 Å². The molecule has 22 heavy (non-hydrogen) atoms. The molecule has 0 unspecified atom stereocenters. The smallest absolute Gasteiger partial charge is 0.0623 e. The summed E-state index contributed by atoms with van der Waals surface area (Å²) in [6.07, 6.45) is 17.4. The number of hydrogen-bond donors (Lipinski definition) is 1. The molecule has 0 radical (unpaired) electrons. The number of halogens is 1. The Bertz CT molecular complexity index is 304. The molecule has 0 aliphatic rings. The molecule has 0 aliphatic carbocycles. The van der Waals surface area contributed by atoms with Crippen molar-refractivity contribution in [2.24, 2.45) is 5.73 Å². The number of aromatic nitrogens is 1. The molecule has 0 atom stereocenters. The van der Waals surface area contributed by atoms with Gasteiger partial charge in [-0.05, 0) is 31.2 Å². The SMILES string of the molecule is Br.C=Cc1ccccn1.CCCCCCCCCCCCN. The molecule has 0 aromatic carbocycles. The summed E-state index contributed by atoms with van der Waals surface area (Å²) in [4.78, 5) is 3.98. The first-order valence-corrected chi connectivity index (χ1v) is 8.58. The molecule has 2 N–H and O–H groups in total. The Labute approximate surface area is 148 Å². The van der Waals surface area contributed by atoms with Gasteiger partial charge in [-0.25, -0.2) is 0 Å². The van der Waals surface area contributed by atoms with Crippen molar-refractivity contribution in [2.75, 3.05) is 6.54 Å². The van der Waals surface area contributed by atoms with E-state index in [-0.39, 0.29) is 17.0 Å². The Balaban J connectivity index is 0. The van der Waals surface area contributed by atoms with Gasteiger partial charge in [-0.3, -0.25) is 4.98 Å². The summed E-state index contributed by atoms with van der Waals surface area (Å²) < 4.78 is 0. The lowest BCUT2D eigenvalue weighted by atomic mass is 10.1. The second-order valence-electron chi connectivity index (χ2n) is 5.43. The molecule has 2 nitrogen and oxygen atoms in total. The van der Waals surface area contributed by atoms with Crippen LogP contribution in [0.4, 0.5) is 0 Å². The number of nitrogens with two attached hydrogens (primary N) is 1. The van der Waals surface area contributed by atoms with Gasteiger partial charge in [-0.15, -0.1) is 17.0 Å². The van der Waals surface area contributed by atoms with Crippen LogP contribution in [0.2, 0.25) is 0 Å². The lowest BCUT2D eigenvalue weighted by molar-refractivity contribution is 0.558. The molecule has 1 heterocycles. The summed E-state index contributed by atoms with van der Waals surface area (Å²) in [5.74, 6) is 0. The third-order valence-corrected chi connectivity index (χ3v) is 3.45. The molecule has 128 valence electrons. The summed E-state index contributed by atoms with van der Waals surface area (Å²) in [6, 6.07) is 5.73. The van der Waals surface area contributed by atoms with E-state index in [1.807, 2.05) is 18.2 Å². The minimum Gasteiger partial charge on any atom is -0.330 e. The van der Waals surface area contributed by atoms with Crippen LogP contribution in [0.25, 0.3) is 6.08 Å². The Kier molecular flexibility index (Phi) is 21.8. The van der Waals surface area contributed by atoms with Crippen LogP contribution in [-0.2, 0) is 0 Å². The molecule has 0 amide bonds. The maximum absolute atomic E-state index is 5.42. The fourth-order valence-corrected chi connectivity index (χ4v) is 2.13. The van der Waals surface area contributed by atoms with Crippen molar-refractivity contribution in [3.05, 3.63) is 36.7 Å². The quantitative estimate of drug-likeness (QED) is 0.473. The van der Waals surface area contributed by atoms with E-state index in [9.17, 15) is 0 Å². The molecular weight excluding hydrogens is 336 g/mol. The molecule has 0 fully saturated rings. The zero-order valence-electron chi connectivity index (χ0n) is 14.3. The van der Waals surface area contributed by atoms with E-state index in [1.54, 1.807) is 12.3 Å². The number of pyridine rings is 1. The lowest BCUT2D eigenvalue weighted by Gasteiger charge is -2.00. The Morgan fingerprint density at radius 3 is 1.86 bits per heavy atom. The van der Waals surface area contributed by atoms with E-state index in [2.05, 4.69) is 18.5 Å². The maximum atomic E-state index is 5.42. The van der Waals surface area contributed by atoms with Gasteiger partial charge in [0.05, 0.1) is 5.69 Å². The Morgan fingerprint density at radius 1 is 0.955 bits per heavy atom. The second kappa shape index (κ2) is 20.3. The number of nitrogens with zero attached hydrogens (tertiary/aromatic N) is 1. The van der Waals surface area contributed by atoms with Gasteiger partial charge >= 0.3 is 0 Å². The average Bonchev–Trinajstić information content (AvgIpc) is 2.55. The van der Waals surface area contributed by atoms with Gasteiger partial charge < -0.3 is 5.73 Å². The highest BCUT2D eigenvalue weighted by Crippen LogP contribution is 2.09. The van der Waals surface area contributed by atoms with E-state index in [4.69, 9.17) is 5.73 Å². The summed E-state index contributed by atoms with van der Waals surface area (Å²) in [5, 5.41) is 0. The first kappa shape index (κ1) is 23.6. The van der Waals surface area contributed by atoms with Gasteiger partial charge in [0.15, 0.2) is 0 Å². The standard InChI is InChI=1S/C12H27N.C7H7N.BrH/c1-2-3-4-5-6-7-8-9-10-11-12-13;1-2-7-5-3-4-6-8-7;/h2-13H2,1H3;2-6H,1H2;1H. The number of unbranched alkanes of at least 4 members (excludes halogenated alkanes) is 9. The van der Waals surface area contributed by atoms with Crippen molar-refractivity contribution in [1.29, 1.82) is 0 Å². The summed E-state index contributed by atoms with van der Waals surface area (Å²) in [7, 11) is 0. The molecule has 0 spiro atoms. The molecule has 1 aromatic rings. The van der Waals surface area contributed by atoms with Crippen LogP contribution in [0.5, 0.6) is 0 Å². The maximum Gasteiger partial charge on any atom is 0.0623 e. The fourth-order valence-electron chi connectivity index (χ4n) is 2.13. The van der Waals surface area contributed by atoms with Gasteiger partial charge in [0.2, 0.25) is 0 Å². The van der Waals surface area contributed by atoms with Crippen LogP contribution >= 0.6 is 17.0 Å². The van der Waals surface area contributed by atoms with Gasteiger partial charge in [0.25, 0.3) is 0 Å². The van der Waals surface area contributed by atoms with Crippen LogP contribution < -0.4 is 5.73 Å². The largest absolute Gasteiger partial charge is 0.330 e. The normalized spacial score (nSPS) is 9.36. The Hall–Kier alpha value is -0.670. The highest BCUT2D eigenvalue weighted by atomic mass is 79.9. The summed E-state index contributed by atoms with van der Waals surface area (Å²) in [5.41, 5.74) is 6.35. The zero-order valence-corrected chi connectivity index (χ0v) is 16.0. The molecule has 3 heteroatoms. The van der Waals surface area contributed by atoms with Crippen LogP contribution in [0.15, 0.2) is 31.0 Å². The summed E-state index contributed by atoms with van der Waals surface area (Å²) in [6.45, 7) is 6.71. The Morgan fingerprint density at radius 2 is 1.50 bits per heavy atom. The minimum absolute atomic E-state index is 0. The van der Waals surface area contributed by atoms with Crippen molar-refractivity contribution in [3.8, 4) is 0 Å². The average molecular weight is 371 g/mol. The third kappa shape index (κ3) is 17.4. The van der Waals surface area contributed by atoms with Crippen LogP contribution in [-0.4, -0.2) is 11.5 Å². The fraction of sp³-hybridized carbons (Fsp3) is 0.632. The van der Waals surface area contributed by atoms with E-state index in [0.29, 0.717) is 0 Å². The van der Waals surface area contributed by atoms with Gasteiger partial charge in [0.1, 0.15) is 0 Å². The van der Waals surface area contributed by atoms with Gasteiger partial charge in [0, 0.05) is 6.20 Å². The predicted octanol–water partition coefficient (Wildman–Crippen LogP) is 6.17. The van der Waals surface area contributed by atoms with Crippen LogP contribution in [0, 0.1) is 0 Å².